The minimum Gasteiger partial charge on any atom is -0.335 e. The first-order valence-corrected chi connectivity index (χ1v) is 6.25. The lowest BCUT2D eigenvalue weighted by molar-refractivity contribution is 0.236. The zero-order valence-electron chi connectivity index (χ0n) is 8.05. The zero-order chi connectivity index (χ0) is 11.8. The van der Waals surface area contributed by atoms with E-state index in [2.05, 4.69) is 10.3 Å². The fourth-order valence-corrected chi connectivity index (χ4v) is 3.11. The predicted molar refractivity (Wildman–Crippen MR) is 56.5 cm³/mol. The average Bonchev–Trinajstić information content (AvgIpc) is 2.65. The molecule has 1 fully saturated rings. The summed E-state index contributed by atoms with van der Waals surface area (Å²) in [5, 5.41) is 2.46. The molecule has 0 bridgehead atoms. The summed E-state index contributed by atoms with van der Waals surface area (Å²) in [5.41, 5.74) is 0. The van der Waals surface area contributed by atoms with Crippen LogP contribution in [0.1, 0.15) is 0 Å². The van der Waals surface area contributed by atoms with E-state index in [0.29, 0.717) is 6.54 Å². The van der Waals surface area contributed by atoms with E-state index in [1.807, 2.05) is 0 Å². The summed E-state index contributed by atoms with van der Waals surface area (Å²) in [4.78, 5) is 14.8. The van der Waals surface area contributed by atoms with Gasteiger partial charge < -0.3 is 5.32 Å². The molecule has 1 aromatic rings. The lowest BCUT2D eigenvalue weighted by atomic mass is 10.5. The van der Waals surface area contributed by atoms with E-state index in [-0.39, 0.29) is 16.5 Å². The summed E-state index contributed by atoms with van der Waals surface area (Å²) in [6, 6.07) is 0.725. The summed E-state index contributed by atoms with van der Waals surface area (Å²) in [6.07, 6.45) is 2.51. The van der Waals surface area contributed by atoms with Gasteiger partial charge in [-0.1, -0.05) is 11.6 Å². The van der Waals surface area contributed by atoms with Crippen molar-refractivity contribution >= 4 is 27.7 Å². The second-order valence-corrected chi connectivity index (χ2v) is 5.35. The number of urea groups is 1. The molecule has 2 rings (SSSR count). The Labute approximate surface area is 97.3 Å². The van der Waals surface area contributed by atoms with Gasteiger partial charge in [0.05, 0.1) is 11.6 Å². The monoisotopic (exact) mass is 261 g/mol. The fourth-order valence-electron chi connectivity index (χ4n) is 1.35. The first-order chi connectivity index (χ1) is 7.53. The Morgan fingerprint density at radius 3 is 2.81 bits per heavy atom. The quantitative estimate of drug-likeness (QED) is 0.838. The zero-order valence-corrected chi connectivity index (χ0v) is 9.62. The van der Waals surface area contributed by atoms with Crippen molar-refractivity contribution in [1.29, 1.82) is 0 Å². The van der Waals surface area contributed by atoms with Crippen LogP contribution in [0.15, 0.2) is 23.4 Å². The molecular weight excluding hydrogens is 254 g/mol. The molecule has 6 nitrogen and oxygen atoms in total. The molecule has 0 saturated carbocycles. The van der Waals surface area contributed by atoms with Gasteiger partial charge in [0.25, 0.3) is 10.0 Å². The van der Waals surface area contributed by atoms with Gasteiger partial charge in [0.2, 0.25) is 0 Å². The minimum atomic E-state index is -3.89. The third-order valence-electron chi connectivity index (χ3n) is 2.12. The largest absolute Gasteiger partial charge is 0.335 e. The van der Waals surface area contributed by atoms with Gasteiger partial charge in [0.1, 0.15) is 4.90 Å². The first kappa shape index (κ1) is 11.2. The molecule has 0 aliphatic carbocycles. The van der Waals surface area contributed by atoms with Gasteiger partial charge in [-0.25, -0.2) is 17.5 Å². The predicted octanol–water partition coefficient (Wildman–Crippen LogP) is 0.449. The van der Waals surface area contributed by atoms with E-state index in [0.717, 1.165) is 10.5 Å². The highest BCUT2D eigenvalue weighted by atomic mass is 35.5. The van der Waals surface area contributed by atoms with Crippen LogP contribution >= 0.6 is 11.6 Å². The van der Waals surface area contributed by atoms with E-state index < -0.39 is 16.1 Å². The third-order valence-corrected chi connectivity index (χ3v) is 4.37. The molecular formula is C8H8ClN3O3S. The van der Waals surface area contributed by atoms with Crippen molar-refractivity contribution in [3.05, 3.63) is 23.5 Å². The molecule has 8 heteroatoms. The highest BCUT2D eigenvalue weighted by Crippen LogP contribution is 2.23. The standard InChI is InChI=1S/C8H8ClN3O3S/c9-6-1-2-10-5-7(6)16(14,15)12-4-3-11-8(12)13/h1-2,5H,3-4H2,(H,11,13). The molecule has 1 aliphatic heterocycles. The van der Waals surface area contributed by atoms with Crippen LogP contribution in [0.2, 0.25) is 5.02 Å². The van der Waals surface area contributed by atoms with Crippen molar-refractivity contribution in [2.75, 3.05) is 13.1 Å². The van der Waals surface area contributed by atoms with Crippen molar-refractivity contribution in [2.45, 2.75) is 4.90 Å². The fraction of sp³-hybridized carbons (Fsp3) is 0.250. The number of carbonyl (C=O) groups excluding carboxylic acids is 1. The summed E-state index contributed by atoms with van der Waals surface area (Å²) >= 11 is 5.76. The molecule has 0 radical (unpaired) electrons. The highest BCUT2D eigenvalue weighted by Gasteiger charge is 2.34. The number of halogens is 1. The summed E-state index contributed by atoms with van der Waals surface area (Å²) in [7, 11) is -3.89. The molecule has 1 aliphatic rings. The van der Waals surface area contributed by atoms with Gasteiger partial charge in [-0.3, -0.25) is 4.98 Å². The van der Waals surface area contributed by atoms with Gasteiger partial charge in [0, 0.05) is 18.9 Å². The van der Waals surface area contributed by atoms with Gasteiger partial charge in [-0.15, -0.1) is 0 Å². The number of carbonyl (C=O) groups is 1. The van der Waals surface area contributed by atoms with Crippen LogP contribution < -0.4 is 5.32 Å². The molecule has 16 heavy (non-hydrogen) atoms. The molecule has 1 aromatic heterocycles. The van der Waals surface area contributed by atoms with Crippen molar-refractivity contribution in [3.63, 3.8) is 0 Å². The molecule has 2 heterocycles. The number of pyridine rings is 1. The van der Waals surface area contributed by atoms with Crippen LogP contribution in [0.4, 0.5) is 4.79 Å². The van der Waals surface area contributed by atoms with E-state index in [1.54, 1.807) is 0 Å². The summed E-state index contributed by atoms with van der Waals surface area (Å²) in [5.74, 6) is 0. The molecule has 1 N–H and O–H groups in total. The van der Waals surface area contributed by atoms with E-state index in [4.69, 9.17) is 11.6 Å². The number of rotatable bonds is 2. The highest BCUT2D eigenvalue weighted by molar-refractivity contribution is 7.89. The number of amides is 2. The van der Waals surface area contributed by atoms with Gasteiger partial charge in [0.15, 0.2) is 0 Å². The number of hydrogen-bond acceptors (Lipinski definition) is 4. The molecule has 0 atom stereocenters. The van der Waals surface area contributed by atoms with Crippen molar-refractivity contribution in [2.24, 2.45) is 0 Å². The Bertz CT molecular complexity index is 531. The van der Waals surface area contributed by atoms with Crippen LogP contribution in [0, 0.1) is 0 Å². The number of nitrogens with one attached hydrogen (secondary N) is 1. The lowest BCUT2D eigenvalue weighted by Crippen LogP contribution is -2.34. The molecule has 0 unspecified atom stereocenters. The maximum Gasteiger partial charge on any atom is 0.331 e. The Kier molecular flexibility index (Phi) is 2.73. The summed E-state index contributed by atoms with van der Waals surface area (Å²) < 4.78 is 24.8. The molecule has 1 saturated heterocycles. The third kappa shape index (κ3) is 1.72. The van der Waals surface area contributed by atoms with Crippen LogP contribution in [0.3, 0.4) is 0 Å². The Morgan fingerprint density at radius 2 is 2.25 bits per heavy atom. The maximum atomic E-state index is 12.0. The van der Waals surface area contributed by atoms with Crippen LogP contribution in [0.5, 0.6) is 0 Å². The van der Waals surface area contributed by atoms with Crippen molar-refractivity contribution in [1.82, 2.24) is 14.6 Å². The number of aromatic nitrogens is 1. The van der Waals surface area contributed by atoms with E-state index >= 15 is 0 Å². The number of hydrogen-bond donors (Lipinski definition) is 1. The minimum absolute atomic E-state index is 0.0506. The van der Waals surface area contributed by atoms with Crippen molar-refractivity contribution in [3.8, 4) is 0 Å². The second-order valence-electron chi connectivity index (χ2n) is 3.12. The van der Waals surface area contributed by atoms with Crippen LogP contribution in [0.25, 0.3) is 0 Å². The topological polar surface area (TPSA) is 79.4 Å². The molecule has 86 valence electrons. The van der Waals surface area contributed by atoms with Crippen LogP contribution in [-0.2, 0) is 10.0 Å². The first-order valence-electron chi connectivity index (χ1n) is 4.43. The Morgan fingerprint density at radius 1 is 1.50 bits per heavy atom. The number of sulfonamides is 1. The summed E-state index contributed by atoms with van der Waals surface area (Å²) in [6.45, 7) is 0.405. The van der Waals surface area contributed by atoms with Gasteiger partial charge >= 0.3 is 6.03 Å². The maximum absolute atomic E-state index is 12.0. The van der Waals surface area contributed by atoms with Crippen molar-refractivity contribution < 1.29 is 13.2 Å². The molecule has 0 aromatic carbocycles. The number of nitrogens with zero attached hydrogens (tertiary/aromatic N) is 2. The van der Waals surface area contributed by atoms with Gasteiger partial charge in [-0.05, 0) is 6.07 Å². The smallest absolute Gasteiger partial charge is 0.331 e. The SMILES string of the molecule is O=C1NCCN1S(=O)(=O)c1cnccc1Cl. The van der Waals surface area contributed by atoms with Gasteiger partial charge in [-0.2, -0.15) is 0 Å². The second kappa shape index (κ2) is 3.91. The molecule has 0 spiro atoms. The normalized spacial score (nSPS) is 16.3. The average molecular weight is 262 g/mol. The lowest BCUT2D eigenvalue weighted by Gasteiger charge is -2.14. The van der Waals surface area contributed by atoms with Crippen LogP contribution in [-0.4, -0.2) is 36.8 Å². The Balaban J connectivity index is 2.47. The Hall–Kier alpha value is -1.34. The molecule has 2 amide bonds. The van der Waals surface area contributed by atoms with E-state index in [9.17, 15) is 13.2 Å². The van der Waals surface area contributed by atoms with E-state index in [1.165, 1.54) is 12.3 Å².